The zero-order valence-electron chi connectivity index (χ0n) is 20.2. The summed E-state index contributed by atoms with van der Waals surface area (Å²) in [7, 11) is 0. The van der Waals surface area contributed by atoms with Gasteiger partial charge in [0.2, 0.25) is 5.91 Å². The minimum absolute atomic E-state index is 0.360. The molecule has 1 rings (SSSR count). The summed E-state index contributed by atoms with van der Waals surface area (Å²) in [6, 6.07) is 7.78. The van der Waals surface area contributed by atoms with Gasteiger partial charge in [-0.15, -0.1) is 0 Å². The molecule has 0 heterocycles. The molecule has 1 aromatic carbocycles. The van der Waals surface area contributed by atoms with Crippen molar-refractivity contribution in [1.82, 2.24) is 15.5 Å². The van der Waals surface area contributed by atoms with Gasteiger partial charge < -0.3 is 15.4 Å². The molecule has 7 nitrogen and oxygen atoms in total. The normalized spacial score (nSPS) is 12.8. The lowest BCUT2D eigenvalue weighted by atomic mass is 10.0. The molecule has 0 saturated carbocycles. The van der Waals surface area contributed by atoms with Crippen molar-refractivity contribution in [1.29, 1.82) is 0 Å². The van der Waals surface area contributed by atoms with Crippen LogP contribution in [0.1, 0.15) is 78.0 Å². The van der Waals surface area contributed by atoms with Crippen LogP contribution in [-0.2, 0) is 20.7 Å². The van der Waals surface area contributed by atoms with E-state index in [0.717, 1.165) is 36.1 Å². The summed E-state index contributed by atoms with van der Waals surface area (Å²) in [5.41, 5.74) is 1.00. The van der Waals surface area contributed by atoms with Crippen molar-refractivity contribution in [2.24, 2.45) is 0 Å². The molecule has 2 N–H and O–H groups in total. The van der Waals surface area contributed by atoms with Crippen molar-refractivity contribution >= 4 is 17.9 Å². The summed E-state index contributed by atoms with van der Waals surface area (Å²) < 4.78 is 5.21. The Morgan fingerprint density at radius 3 is 2.25 bits per heavy atom. The molecule has 0 fully saturated rings. The number of nitrogens with one attached hydrogen (secondary N) is 2. The summed E-state index contributed by atoms with van der Waals surface area (Å²) in [4.78, 5) is 39.3. The van der Waals surface area contributed by atoms with E-state index in [1.807, 2.05) is 19.1 Å². The van der Waals surface area contributed by atoms with Crippen LogP contribution in [0, 0.1) is 12.5 Å². The Morgan fingerprint density at radius 1 is 1.12 bits per heavy atom. The molecule has 0 bridgehead atoms. The second kappa shape index (κ2) is 12.7. The first-order valence-electron chi connectivity index (χ1n) is 11.2. The van der Waals surface area contributed by atoms with Crippen LogP contribution in [0.3, 0.4) is 0 Å². The number of ether oxygens (including phenoxy) is 1. The standard InChI is InChI=1S/C25H37N3O4/c1-8-11-12-17-26-22(29)21(20-15-13-19(9-2)14-16-20)28(10-3)23(30)18(4)27-24(31)32-25(5,6)7/h3,13-16,18,21H,8-9,11-12,17H2,1-2,4-7H3,(H,26,29)(H,27,31). The number of carbonyl (C=O) groups is 3. The average molecular weight is 444 g/mol. The van der Waals surface area contributed by atoms with Crippen LogP contribution in [-0.4, -0.2) is 41.0 Å². The van der Waals surface area contributed by atoms with Gasteiger partial charge in [0.15, 0.2) is 0 Å². The largest absolute Gasteiger partial charge is 0.444 e. The Kier molecular flexibility index (Phi) is 10.8. The number of hydrogen-bond donors (Lipinski definition) is 2. The molecule has 0 aromatic heterocycles. The summed E-state index contributed by atoms with van der Waals surface area (Å²) in [5.74, 6) is -0.937. The second-order valence-corrected chi connectivity index (χ2v) is 8.70. The number of rotatable bonds is 10. The fourth-order valence-corrected chi connectivity index (χ4v) is 3.06. The Morgan fingerprint density at radius 2 is 1.75 bits per heavy atom. The van der Waals surface area contributed by atoms with Crippen LogP contribution in [0.5, 0.6) is 0 Å². The lowest BCUT2D eigenvalue weighted by Crippen LogP contribution is -2.50. The van der Waals surface area contributed by atoms with E-state index in [0.29, 0.717) is 12.1 Å². The molecule has 7 heteroatoms. The Labute approximate surface area is 192 Å². The molecule has 0 radical (unpaired) electrons. The van der Waals surface area contributed by atoms with E-state index < -0.39 is 29.7 Å². The number of terminal acetylenes is 1. The Balaban J connectivity index is 3.11. The van der Waals surface area contributed by atoms with Gasteiger partial charge in [0.1, 0.15) is 17.7 Å². The fourth-order valence-electron chi connectivity index (χ4n) is 3.06. The van der Waals surface area contributed by atoms with Crippen LogP contribution in [0.25, 0.3) is 0 Å². The molecule has 176 valence electrons. The molecule has 0 aliphatic carbocycles. The second-order valence-electron chi connectivity index (χ2n) is 8.70. The SMILES string of the molecule is C#CN(C(=O)C(C)NC(=O)OC(C)(C)C)C(C(=O)NCCCCC)c1ccc(CC)cc1. The number of hydrogen-bond acceptors (Lipinski definition) is 4. The van der Waals surface area contributed by atoms with Gasteiger partial charge in [0.25, 0.3) is 5.91 Å². The highest BCUT2D eigenvalue weighted by atomic mass is 16.6. The van der Waals surface area contributed by atoms with Crippen molar-refractivity contribution in [3.05, 3.63) is 35.4 Å². The number of amides is 3. The monoisotopic (exact) mass is 443 g/mol. The van der Waals surface area contributed by atoms with Crippen molar-refractivity contribution in [3.8, 4) is 12.5 Å². The van der Waals surface area contributed by atoms with E-state index in [1.165, 1.54) is 6.92 Å². The minimum atomic E-state index is -1.01. The van der Waals surface area contributed by atoms with Crippen LogP contribution in [0.4, 0.5) is 4.79 Å². The molecule has 0 aliphatic heterocycles. The zero-order valence-corrected chi connectivity index (χ0v) is 20.2. The number of aryl methyl sites for hydroxylation is 1. The first-order valence-corrected chi connectivity index (χ1v) is 11.2. The smallest absolute Gasteiger partial charge is 0.408 e. The van der Waals surface area contributed by atoms with E-state index in [2.05, 4.69) is 23.6 Å². The van der Waals surface area contributed by atoms with Gasteiger partial charge in [-0.05, 0) is 51.7 Å². The summed E-state index contributed by atoms with van der Waals surface area (Å²) >= 11 is 0. The maximum Gasteiger partial charge on any atom is 0.408 e. The van der Waals surface area contributed by atoms with E-state index in [4.69, 9.17) is 11.2 Å². The van der Waals surface area contributed by atoms with Gasteiger partial charge in [-0.1, -0.05) is 57.4 Å². The van der Waals surface area contributed by atoms with E-state index in [1.54, 1.807) is 32.9 Å². The van der Waals surface area contributed by atoms with Crippen molar-refractivity contribution < 1.29 is 19.1 Å². The molecular weight excluding hydrogens is 406 g/mol. The molecule has 0 saturated heterocycles. The lowest BCUT2D eigenvalue weighted by molar-refractivity contribution is -0.138. The third kappa shape index (κ3) is 8.62. The van der Waals surface area contributed by atoms with Gasteiger partial charge in [-0.3, -0.25) is 14.5 Å². The van der Waals surface area contributed by atoms with Crippen LogP contribution in [0.15, 0.2) is 24.3 Å². The van der Waals surface area contributed by atoms with E-state index >= 15 is 0 Å². The molecule has 32 heavy (non-hydrogen) atoms. The van der Waals surface area contributed by atoms with Gasteiger partial charge in [0, 0.05) is 12.6 Å². The zero-order chi connectivity index (χ0) is 24.3. The first kappa shape index (κ1) is 27.0. The van der Waals surface area contributed by atoms with Gasteiger partial charge in [0.05, 0.1) is 0 Å². The van der Waals surface area contributed by atoms with Crippen molar-refractivity contribution in [2.45, 2.75) is 84.9 Å². The summed E-state index contributed by atoms with van der Waals surface area (Å²) in [6.45, 7) is 11.3. The molecule has 0 spiro atoms. The number of benzene rings is 1. The molecule has 2 unspecified atom stereocenters. The first-order chi connectivity index (χ1) is 15.0. The Bertz CT molecular complexity index is 806. The van der Waals surface area contributed by atoms with Crippen molar-refractivity contribution in [3.63, 3.8) is 0 Å². The third-order valence-corrected chi connectivity index (χ3v) is 4.77. The minimum Gasteiger partial charge on any atom is -0.444 e. The van der Waals surface area contributed by atoms with Gasteiger partial charge in [-0.25, -0.2) is 4.79 Å². The summed E-state index contributed by atoms with van der Waals surface area (Å²) in [6.07, 6.45) is 8.66. The predicted octanol–water partition coefficient (Wildman–Crippen LogP) is 3.93. The summed E-state index contributed by atoms with van der Waals surface area (Å²) in [5, 5.41) is 5.38. The number of alkyl carbamates (subject to hydrolysis) is 1. The number of nitrogens with zero attached hydrogens (tertiary/aromatic N) is 1. The number of unbranched alkanes of at least 4 members (excludes halogenated alkanes) is 2. The molecule has 2 atom stereocenters. The fraction of sp³-hybridized carbons (Fsp3) is 0.560. The van der Waals surface area contributed by atoms with E-state index in [9.17, 15) is 14.4 Å². The van der Waals surface area contributed by atoms with Gasteiger partial charge in [-0.2, -0.15) is 0 Å². The quantitative estimate of drug-likeness (QED) is 0.326. The topological polar surface area (TPSA) is 87.7 Å². The van der Waals surface area contributed by atoms with Crippen LogP contribution < -0.4 is 10.6 Å². The Hall–Kier alpha value is -3.01. The van der Waals surface area contributed by atoms with Crippen molar-refractivity contribution in [2.75, 3.05) is 6.54 Å². The highest BCUT2D eigenvalue weighted by Crippen LogP contribution is 2.23. The average Bonchev–Trinajstić information content (AvgIpc) is 2.73. The highest BCUT2D eigenvalue weighted by Gasteiger charge is 2.34. The molecular formula is C25H37N3O4. The number of carbonyl (C=O) groups excluding carboxylic acids is 3. The molecule has 0 aliphatic rings. The maximum absolute atomic E-state index is 13.1. The maximum atomic E-state index is 13.1. The third-order valence-electron chi connectivity index (χ3n) is 4.77. The van der Waals surface area contributed by atoms with Crippen LogP contribution >= 0.6 is 0 Å². The lowest BCUT2D eigenvalue weighted by Gasteiger charge is -2.29. The van der Waals surface area contributed by atoms with Gasteiger partial charge >= 0.3 is 6.09 Å². The van der Waals surface area contributed by atoms with E-state index in [-0.39, 0.29) is 5.91 Å². The predicted molar refractivity (Wildman–Crippen MR) is 126 cm³/mol. The highest BCUT2D eigenvalue weighted by molar-refractivity contribution is 5.93. The molecule has 1 aromatic rings. The van der Waals surface area contributed by atoms with Crippen LogP contribution in [0.2, 0.25) is 0 Å². The molecule has 3 amide bonds.